The fourth-order valence-electron chi connectivity index (χ4n) is 2.45. The molecule has 0 aromatic carbocycles. The van der Waals surface area contributed by atoms with E-state index in [-0.39, 0.29) is 12.5 Å². The number of nitrogens with zero attached hydrogens (tertiary/aromatic N) is 2. The Labute approximate surface area is 131 Å². The summed E-state index contributed by atoms with van der Waals surface area (Å²) < 4.78 is 0.875. The number of hydrogen-bond acceptors (Lipinski definition) is 2. The zero-order valence-electron chi connectivity index (χ0n) is 14.5. The van der Waals surface area contributed by atoms with Crippen LogP contribution in [0.2, 0.25) is 0 Å². The van der Waals surface area contributed by atoms with Crippen molar-refractivity contribution in [1.29, 1.82) is 0 Å². The summed E-state index contributed by atoms with van der Waals surface area (Å²) in [6, 6.07) is 0. The van der Waals surface area contributed by atoms with E-state index in [1.54, 1.807) is 0 Å². The summed E-state index contributed by atoms with van der Waals surface area (Å²) in [6.45, 7) is 11.1. The van der Waals surface area contributed by atoms with Crippen LogP contribution in [0.1, 0.15) is 46.5 Å². The number of aliphatic hydroxyl groups is 1. The minimum Gasteiger partial charge on any atom is -0.391 e. The molecule has 0 bridgehead atoms. The molecule has 0 atom stereocenters. The van der Waals surface area contributed by atoms with E-state index < -0.39 is 0 Å². The Morgan fingerprint density at radius 1 is 1.14 bits per heavy atom. The molecule has 0 radical (unpaired) electrons. The van der Waals surface area contributed by atoms with Crippen LogP contribution < -0.4 is 0 Å². The van der Waals surface area contributed by atoms with Gasteiger partial charge in [-0.25, -0.2) is 0 Å². The minimum absolute atomic E-state index is 0.178. The van der Waals surface area contributed by atoms with Crippen LogP contribution in [-0.2, 0) is 4.79 Å². The summed E-state index contributed by atoms with van der Waals surface area (Å²) in [5, 5.41) is 9.22. The number of aliphatic hydroxyl groups excluding tert-OH is 1. The third-order valence-electron chi connectivity index (χ3n) is 4.43. The summed E-state index contributed by atoms with van der Waals surface area (Å²) in [6.07, 6.45) is 8.04. The van der Waals surface area contributed by atoms with Gasteiger partial charge in [0.2, 0.25) is 5.91 Å². The van der Waals surface area contributed by atoms with Gasteiger partial charge in [0.1, 0.15) is 6.54 Å². The molecule has 0 aromatic rings. The lowest BCUT2D eigenvalue weighted by Gasteiger charge is -2.37. The van der Waals surface area contributed by atoms with E-state index in [9.17, 15) is 9.90 Å². The van der Waals surface area contributed by atoms with E-state index in [2.05, 4.69) is 26.8 Å². The number of quaternary nitrogens is 1. The molecule has 0 heterocycles. The van der Waals surface area contributed by atoms with Crippen LogP contribution >= 0.6 is 0 Å². The number of amides is 1. The highest BCUT2D eigenvalue weighted by Gasteiger charge is 2.23. The number of likely N-dealkylation sites (N-methyl/N-ethyl adjacent to an activating group) is 2. The molecule has 4 heteroatoms. The first-order valence-electron chi connectivity index (χ1n) is 8.40. The second-order valence-electron chi connectivity index (χ2n) is 5.78. The van der Waals surface area contributed by atoms with E-state index in [0.29, 0.717) is 6.42 Å². The average molecular weight is 299 g/mol. The SMILES string of the molecule is CCCC/C=C/CC(=O)N(C)CC[N+](CC)(CC)CCO. The van der Waals surface area contributed by atoms with Crippen molar-refractivity contribution in [1.82, 2.24) is 4.90 Å². The van der Waals surface area contributed by atoms with Crippen LogP contribution in [0.3, 0.4) is 0 Å². The molecular formula is C17H35N2O2+. The molecule has 0 saturated heterocycles. The number of unbranched alkanes of at least 4 members (excludes halogenated alkanes) is 2. The van der Waals surface area contributed by atoms with Crippen LogP contribution in [0.4, 0.5) is 0 Å². The minimum atomic E-state index is 0.178. The zero-order chi connectivity index (χ0) is 16.1. The molecule has 0 rings (SSSR count). The summed E-state index contributed by atoms with van der Waals surface area (Å²) in [4.78, 5) is 13.9. The Morgan fingerprint density at radius 2 is 1.81 bits per heavy atom. The molecule has 0 aliphatic rings. The number of carbonyl (C=O) groups is 1. The second kappa shape index (κ2) is 11.8. The quantitative estimate of drug-likeness (QED) is 0.341. The smallest absolute Gasteiger partial charge is 0.226 e. The van der Waals surface area contributed by atoms with Gasteiger partial charge in [-0.05, 0) is 20.3 Å². The van der Waals surface area contributed by atoms with Crippen LogP contribution in [0.25, 0.3) is 0 Å². The second-order valence-corrected chi connectivity index (χ2v) is 5.78. The van der Waals surface area contributed by atoms with Crippen molar-refractivity contribution in [3.63, 3.8) is 0 Å². The van der Waals surface area contributed by atoms with Gasteiger partial charge in [0.05, 0.1) is 32.8 Å². The summed E-state index contributed by atoms with van der Waals surface area (Å²) in [5.41, 5.74) is 0. The van der Waals surface area contributed by atoms with Crippen LogP contribution in [-0.4, -0.2) is 66.8 Å². The predicted molar refractivity (Wildman–Crippen MR) is 89.1 cm³/mol. The highest BCUT2D eigenvalue weighted by Crippen LogP contribution is 2.06. The molecule has 0 aliphatic heterocycles. The first kappa shape index (κ1) is 20.1. The van der Waals surface area contributed by atoms with Crippen LogP contribution in [0.15, 0.2) is 12.2 Å². The molecular weight excluding hydrogens is 264 g/mol. The van der Waals surface area contributed by atoms with Gasteiger partial charge < -0.3 is 14.5 Å². The fraction of sp³-hybridized carbons (Fsp3) is 0.824. The zero-order valence-corrected chi connectivity index (χ0v) is 14.5. The van der Waals surface area contributed by atoms with Gasteiger partial charge in [0.25, 0.3) is 0 Å². The summed E-state index contributed by atoms with van der Waals surface area (Å²) in [5.74, 6) is 0.178. The van der Waals surface area contributed by atoms with Gasteiger partial charge in [-0.1, -0.05) is 31.9 Å². The summed E-state index contributed by atoms with van der Waals surface area (Å²) >= 11 is 0. The van der Waals surface area contributed by atoms with Crippen LogP contribution in [0, 0.1) is 0 Å². The maximum Gasteiger partial charge on any atom is 0.226 e. The molecule has 0 fully saturated rings. The number of rotatable bonds is 12. The maximum absolute atomic E-state index is 12.0. The Hall–Kier alpha value is -0.870. The topological polar surface area (TPSA) is 40.5 Å². The number of hydrogen-bond donors (Lipinski definition) is 1. The van der Waals surface area contributed by atoms with Crippen molar-refractivity contribution >= 4 is 5.91 Å². The molecule has 0 unspecified atom stereocenters. The van der Waals surface area contributed by atoms with Gasteiger partial charge in [-0.3, -0.25) is 4.79 Å². The van der Waals surface area contributed by atoms with E-state index in [4.69, 9.17) is 0 Å². The molecule has 0 saturated carbocycles. The standard InChI is InChI=1S/C17H35N2O2/c1-5-8-9-10-11-12-17(21)18(4)13-14-19(6-2,7-3)15-16-20/h10-11,20H,5-9,12-16H2,1-4H3/q+1/b11-10+. The van der Waals surface area contributed by atoms with Crippen LogP contribution in [0.5, 0.6) is 0 Å². The monoisotopic (exact) mass is 299 g/mol. The van der Waals surface area contributed by atoms with Crippen molar-refractivity contribution in [3.05, 3.63) is 12.2 Å². The van der Waals surface area contributed by atoms with E-state index in [1.807, 2.05) is 18.0 Å². The molecule has 1 amide bonds. The molecule has 21 heavy (non-hydrogen) atoms. The molecule has 1 N–H and O–H groups in total. The molecule has 0 aromatic heterocycles. The normalized spacial score (nSPS) is 12.0. The molecule has 4 nitrogen and oxygen atoms in total. The van der Waals surface area contributed by atoms with Gasteiger partial charge in [-0.2, -0.15) is 0 Å². The third kappa shape index (κ3) is 8.22. The van der Waals surface area contributed by atoms with E-state index in [1.165, 1.54) is 12.8 Å². The Balaban J connectivity index is 4.18. The van der Waals surface area contributed by atoms with Crippen molar-refractivity contribution in [2.45, 2.75) is 46.5 Å². The molecule has 0 aliphatic carbocycles. The average Bonchev–Trinajstić information content (AvgIpc) is 2.50. The largest absolute Gasteiger partial charge is 0.391 e. The predicted octanol–water partition coefficient (Wildman–Crippen LogP) is 2.43. The first-order valence-corrected chi connectivity index (χ1v) is 8.40. The van der Waals surface area contributed by atoms with E-state index in [0.717, 1.165) is 43.6 Å². The van der Waals surface area contributed by atoms with Crippen molar-refractivity contribution < 1.29 is 14.4 Å². The van der Waals surface area contributed by atoms with Gasteiger partial charge in [-0.15, -0.1) is 0 Å². The van der Waals surface area contributed by atoms with Gasteiger partial charge in [0.15, 0.2) is 0 Å². The van der Waals surface area contributed by atoms with Gasteiger partial charge in [0, 0.05) is 13.5 Å². The van der Waals surface area contributed by atoms with Crippen molar-refractivity contribution in [2.24, 2.45) is 0 Å². The lowest BCUT2D eigenvalue weighted by molar-refractivity contribution is -0.924. The van der Waals surface area contributed by atoms with Crippen molar-refractivity contribution in [3.8, 4) is 0 Å². The summed E-state index contributed by atoms with van der Waals surface area (Å²) in [7, 11) is 1.88. The highest BCUT2D eigenvalue weighted by molar-refractivity contribution is 5.77. The van der Waals surface area contributed by atoms with Crippen molar-refractivity contribution in [2.75, 3.05) is 46.4 Å². The number of carbonyl (C=O) groups excluding carboxylic acids is 1. The fourth-order valence-corrected chi connectivity index (χ4v) is 2.45. The lowest BCUT2D eigenvalue weighted by Crippen LogP contribution is -2.53. The number of allylic oxidation sites excluding steroid dienone is 1. The third-order valence-corrected chi connectivity index (χ3v) is 4.43. The Kier molecular flexibility index (Phi) is 11.3. The van der Waals surface area contributed by atoms with Gasteiger partial charge >= 0.3 is 0 Å². The highest BCUT2D eigenvalue weighted by atomic mass is 16.3. The lowest BCUT2D eigenvalue weighted by atomic mass is 10.2. The molecule has 0 spiro atoms. The Morgan fingerprint density at radius 3 is 2.33 bits per heavy atom. The maximum atomic E-state index is 12.0. The van der Waals surface area contributed by atoms with E-state index >= 15 is 0 Å². The molecule has 124 valence electrons. The Bertz CT molecular complexity index is 299. The first-order chi connectivity index (χ1) is 10.0.